The van der Waals surface area contributed by atoms with E-state index in [1.807, 2.05) is 12.3 Å². The average molecular weight is 279 g/mol. The van der Waals surface area contributed by atoms with Gasteiger partial charge in [-0.25, -0.2) is 4.98 Å². The van der Waals surface area contributed by atoms with Crippen LogP contribution in [0.1, 0.15) is 56.2 Å². The average Bonchev–Trinajstić information content (AvgIpc) is 2.95. The molecular weight excluding hydrogens is 258 g/mol. The molecule has 2 aromatic rings. The van der Waals surface area contributed by atoms with E-state index < -0.39 is 0 Å². The molecule has 0 aliphatic rings. The summed E-state index contributed by atoms with van der Waals surface area (Å²) in [5, 5.41) is 8.43. The minimum absolute atomic E-state index is 0.113. The van der Waals surface area contributed by atoms with Crippen molar-refractivity contribution in [2.45, 2.75) is 52.5 Å². The first-order valence-corrected chi connectivity index (χ1v) is 7.33. The maximum atomic E-state index is 5.25. The molecule has 19 heavy (non-hydrogen) atoms. The SMILES string of the molecule is CC(C)c1cc(NCc2cnc(C(C)(C)C)s2)no1. The smallest absolute Gasteiger partial charge is 0.169 e. The Morgan fingerprint density at radius 2 is 2.11 bits per heavy atom. The number of nitrogens with one attached hydrogen (secondary N) is 1. The molecule has 0 bridgehead atoms. The van der Waals surface area contributed by atoms with E-state index in [1.165, 1.54) is 4.88 Å². The van der Waals surface area contributed by atoms with Gasteiger partial charge in [0, 0.05) is 28.5 Å². The zero-order chi connectivity index (χ0) is 14.0. The fourth-order valence-corrected chi connectivity index (χ4v) is 2.47. The van der Waals surface area contributed by atoms with Gasteiger partial charge in [0.25, 0.3) is 0 Å². The third-order valence-corrected chi connectivity index (χ3v) is 4.16. The van der Waals surface area contributed by atoms with Crippen LogP contribution in [-0.2, 0) is 12.0 Å². The van der Waals surface area contributed by atoms with Crippen molar-refractivity contribution in [3.63, 3.8) is 0 Å². The molecule has 0 atom stereocenters. The number of rotatable bonds is 4. The number of anilines is 1. The van der Waals surface area contributed by atoms with Crippen LogP contribution in [-0.4, -0.2) is 10.1 Å². The van der Waals surface area contributed by atoms with Crippen LogP contribution in [0.5, 0.6) is 0 Å². The second-order valence-corrected chi connectivity index (χ2v) is 7.12. The van der Waals surface area contributed by atoms with Gasteiger partial charge in [-0.15, -0.1) is 11.3 Å². The van der Waals surface area contributed by atoms with Gasteiger partial charge in [0.1, 0.15) is 5.76 Å². The van der Waals surface area contributed by atoms with Gasteiger partial charge in [0.2, 0.25) is 0 Å². The maximum absolute atomic E-state index is 5.25. The number of hydrogen-bond acceptors (Lipinski definition) is 5. The van der Waals surface area contributed by atoms with Crippen molar-refractivity contribution in [2.24, 2.45) is 0 Å². The molecule has 104 valence electrons. The van der Waals surface area contributed by atoms with E-state index in [-0.39, 0.29) is 5.41 Å². The van der Waals surface area contributed by atoms with E-state index in [0.717, 1.165) is 23.1 Å². The summed E-state index contributed by atoms with van der Waals surface area (Å²) in [7, 11) is 0. The number of nitrogens with zero attached hydrogens (tertiary/aromatic N) is 2. The van der Waals surface area contributed by atoms with E-state index >= 15 is 0 Å². The van der Waals surface area contributed by atoms with Gasteiger partial charge in [-0.3, -0.25) is 0 Å². The molecule has 0 radical (unpaired) electrons. The van der Waals surface area contributed by atoms with Gasteiger partial charge in [-0.2, -0.15) is 0 Å². The maximum Gasteiger partial charge on any atom is 0.169 e. The van der Waals surface area contributed by atoms with E-state index in [1.54, 1.807) is 11.3 Å². The third kappa shape index (κ3) is 3.56. The van der Waals surface area contributed by atoms with Crippen molar-refractivity contribution < 1.29 is 4.52 Å². The first-order chi connectivity index (χ1) is 8.86. The normalized spacial score (nSPS) is 12.1. The lowest BCUT2D eigenvalue weighted by molar-refractivity contribution is 0.373. The second kappa shape index (κ2) is 5.33. The summed E-state index contributed by atoms with van der Waals surface area (Å²) in [6.45, 7) is 11.4. The second-order valence-electron chi connectivity index (χ2n) is 6.00. The van der Waals surface area contributed by atoms with Crippen LogP contribution in [0.4, 0.5) is 5.82 Å². The van der Waals surface area contributed by atoms with Gasteiger partial charge in [0.15, 0.2) is 5.82 Å². The van der Waals surface area contributed by atoms with Gasteiger partial charge >= 0.3 is 0 Å². The van der Waals surface area contributed by atoms with Gasteiger partial charge < -0.3 is 9.84 Å². The predicted molar refractivity (Wildman–Crippen MR) is 78.7 cm³/mol. The van der Waals surface area contributed by atoms with Gasteiger partial charge in [0.05, 0.1) is 11.6 Å². The lowest BCUT2D eigenvalue weighted by Gasteiger charge is -2.13. The Labute approximate surface area is 118 Å². The minimum atomic E-state index is 0.113. The number of aromatic nitrogens is 2. The molecule has 0 unspecified atom stereocenters. The van der Waals surface area contributed by atoms with Crippen molar-refractivity contribution in [1.82, 2.24) is 10.1 Å². The summed E-state index contributed by atoms with van der Waals surface area (Å²) in [4.78, 5) is 5.68. The zero-order valence-electron chi connectivity index (χ0n) is 12.2. The van der Waals surface area contributed by atoms with Gasteiger partial charge in [-0.05, 0) is 0 Å². The van der Waals surface area contributed by atoms with Crippen molar-refractivity contribution >= 4 is 17.2 Å². The molecule has 2 heterocycles. The highest BCUT2D eigenvalue weighted by Crippen LogP contribution is 2.27. The quantitative estimate of drug-likeness (QED) is 0.912. The van der Waals surface area contributed by atoms with E-state index in [9.17, 15) is 0 Å². The van der Waals surface area contributed by atoms with Crippen molar-refractivity contribution in [1.29, 1.82) is 0 Å². The van der Waals surface area contributed by atoms with Crippen molar-refractivity contribution in [3.8, 4) is 0 Å². The molecule has 1 N–H and O–H groups in total. The predicted octanol–water partition coefficient (Wildman–Crippen LogP) is 4.16. The number of hydrogen-bond donors (Lipinski definition) is 1. The lowest BCUT2D eigenvalue weighted by atomic mass is 9.98. The van der Waals surface area contributed by atoms with Gasteiger partial charge in [-0.1, -0.05) is 39.8 Å². The Kier molecular flexibility index (Phi) is 3.94. The van der Waals surface area contributed by atoms with Crippen LogP contribution in [0.3, 0.4) is 0 Å². The molecule has 0 aromatic carbocycles. The highest BCUT2D eigenvalue weighted by atomic mass is 32.1. The summed E-state index contributed by atoms with van der Waals surface area (Å²) in [6, 6.07) is 1.95. The Bertz CT molecular complexity index is 537. The van der Waals surface area contributed by atoms with Crippen molar-refractivity contribution in [3.05, 3.63) is 27.9 Å². The highest BCUT2D eigenvalue weighted by Gasteiger charge is 2.18. The molecule has 0 aliphatic carbocycles. The number of thiazole rings is 1. The third-order valence-electron chi connectivity index (χ3n) is 2.74. The van der Waals surface area contributed by atoms with Crippen LogP contribution in [0.25, 0.3) is 0 Å². The van der Waals surface area contributed by atoms with Crippen LogP contribution in [0.15, 0.2) is 16.8 Å². The Balaban J connectivity index is 1.96. The van der Waals surface area contributed by atoms with E-state index in [0.29, 0.717) is 5.92 Å². The Hall–Kier alpha value is -1.36. The Morgan fingerprint density at radius 3 is 2.63 bits per heavy atom. The standard InChI is InChI=1S/C14H21N3OS/c1-9(2)11-6-12(17-18-11)15-7-10-8-16-13(19-10)14(3,4)5/h6,8-9H,7H2,1-5H3,(H,15,17). The monoisotopic (exact) mass is 279 g/mol. The van der Waals surface area contributed by atoms with Crippen LogP contribution in [0.2, 0.25) is 0 Å². The molecule has 2 aromatic heterocycles. The lowest BCUT2D eigenvalue weighted by Crippen LogP contribution is -2.09. The molecule has 0 aliphatic heterocycles. The van der Waals surface area contributed by atoms with Crippen molar-refractivity contribution in [2.75, 3.05) is 5.32 Å². The summed E-state index contributed by atoms with van der Waals surface area (Å²) in [6.07, 6.45) is 1.93. The topological polar surface area (TPSA) is 51.0 Å². The molecular formula is C14H21N3OS. The highest BCUT2D eigenvalue weighted by molar-refractivity contribution is 7.11. The summed E-state index contributed by atoms with van der Waals surface area (Å²) in [5.41, 5.74) is 0.113. The molecule has 0 fully saturated rings. The van der Waals surface area contributed by atoms with Crippen LogP contribution >= 0.6 is 11.3 Å². The molecule has 4 nitrogen and oxygen atoms in total. The fraction of sp³-hybridized carbons (Fsp3) is 0.571. The van der Waals surface area contributed by atoms with Crippen LogP contribution in [0, 0.1) is 0 Å². The Morgan fingerprint density at radius 1 is 1.37 bits per heavy atom. The molecule has 0 saturated carbocycles. The fourth-order valence-electron chi connectivity index (χ4n) is 1.56. The first kappa shape index (κ1) is 14.1. The summed E-state index contributed by atoms with van der Waals surface area (Å²) >= 11 is 1.74. The zero-order valence-corrected chi connectivity index (χ0v) is 13.0. The molecule has 0 amide bonds. The molecule has 5 heteroatoms. The molecule has 2 rings (SSSR count). The molecule has 0 spiro atoms. The molecule has 0 saturated heterocycles. The van der Waals surface area contributed by atoms with Crippen LogP contribution < -0.4 is 5.32 Å². The van der Waals surface area contributed by atoms with E-state index in [4.69, 9.17) is 4.52 Å². The van der Waals surface area contributed by atoms with E-state index in [2.05, 4.69) is 50.1 Å². The summed E-state index contributed by atoms with van der Waals surface area (Å²) < 4.78 is 5.25. The minimum Gasteiger partial charge on any atom is -0.362 e. The summed E-state index contributed by atoms with van der Waals surface area (Å²) in [5.74, 6) is 2.05. The largest absolute Gasteiger partial charge is 0.362 e. The first-order valence-electron chi connectivity index (χ1n) is 6.52.